The molecule has 186 valence electrons. The van der Waals surface area contributed by atoms with Crippen molar-refractivity contribution < 1.29 is 9.18 Å². The number of aromatic nitrogens is 2. The second kappa shape index (κ2) is 10.1. The van der Waals surface area contributed by atoms with Gasteiger partial charge in [-0.15, -0.1) is 0 Å². The lowest BCUT2D eigenvalue weighted by Gasteiger charge is -2.39. The van der Waals surface area contributed by atoms with Gasteiger partial charge in [-0.2, -0.15) is 0 Å². The molecule has 2 aromatic heterocycles. The van der Waals surface area contributed by atoms with Crippen molar-refractivity contribution in [2.45, 2.75) is 76.8 Å². The van der Waals surface area contributed by atoms with Crippen LogP contribution in [0.3, 0.4) is 0 Å². The summed E-state index contributed by atoms with van der Waals surface area (Å²) in [4.78, 5) is 22.1. The fraction of sp³-hybridized carbons (Fsp3) is 0.517. The lowest BCUT2D eigenvalue weighted by molar-refractivity contribution is 0.0754. The highest BCUT2D eigenvalue weighted by Gasteiger charge is 2.30. The van der Waals surface area contributed by atoms with Crippen molar-refractivity contribution in [3.8, 4) is 5.69 Å². The fourth-order valence-corrected chi connectivity index (χ4v) is 5.97. The monoisotopic (exact) mass is 476 g/mol. The summed E-state index contributed by atoms with van der Waals surface area (Å²) in [7, 11) is 1.77. The van der Waals surface area contributed by atoms with Gasteiger partial charge in [-0.25, -0.2) is 4.39 Å². The fourth-order valence-electron chi connectivity index (χ4n) is 5.97. The van der Waals surface area contributed by atoms with Gasteiger partial charge in [0, 0.05) is 36.9 Å². The van der Waals surface area contributed by atoms with Crippen LogP contribution in [0.5, 0.6) is 0 Å². The van der Waals surface area contributed by atoms with Crippen molar-refractivity contribution in [2.75, 3.05) is 20.1 Å². The molecule has 5 rings (SSSR count). The quantitative estimate of drug-likeness (QED) is 0.443. The van der Waals surface area contributed by atoms with E-state index in [-0.39, 0.29) is 11.9 Å². The highest BCUT2D eigenvalue weighted by atomic mass is 19.1. The number of carbonyl (C=O) groups is 1. The number of nitrogens with zero attached hydrogens (tertiary/aromatic N) is 4. The molecule has 2 fully saturated rings. The van der Waals surface area contributed by atoms with Crippen molar-refractivity contribution >= 4 is 16.8 Å². The van der Waals surface area contributed by atoms with E-state index in [2.05, 4.69) is 26.7 Å². The largest absolute Gasteiger partial charge is 0.339 e. The highest BCUT2D eigenvalue weighted by Crippen LogP contribution is 2.40. The Bertz CT molecular complexity index is 1190. The number of benzene rings is 1. The summed E-state index contributed by atoms with van der Waals surface area (Å²) in [5.74, 6) is -0.0935. The average Bonchev–Trinajstić information content (AvgIpc) is 3.28. The second-order valence-corrected chi connectivity index (χ2v) is 10.6. The number of fused-ring (bicyclic) bond motifs is 1. The second-order valence-electron chi connectivity index (χ2n) is 10.6. The number of piperidine rings is 1. The smallest absolute Gasteiger partial charge is 0.256 e. The van der Waals surface area contributed by atoms with Crippen molar-refractivity contribution in [1.82, 2.24) is 19.4 Å². The zero-order chi connectivity index (χ0) is 24.5. The molecule has 0 unspecified atom stereocenters. The Morgan fingerprint density at radius 3 is 2.54 bits per heavy atom. The molecule has 0 N–H and O–H groups in total. The summed E-state index contributed by atoms with van der Waals surface area (Å²) >= 11 is 0. The SMILES string of the molecule is CC(C)N(C)C(=O)c1cc(F)ccc1-n1cc([C@H]2CC[C@@H](N3CCCCC3)CC2)c2ccncc21. The van der Waals surface area contributed by atoms with Gasteiger partial charge in [0.05, 0.1) is 23.0 Å². The maximum absolute atomic E-state index is 14.3. The van der Waals surface area contributed by atoms with Crippen molar-refractivity contribution in [2.24, 2.45) is 0 Å². The van der Waals surface area contributed by atoms with Gasteiger partial charge < -0.3 is 14.4 Å². The Labute approximate surface area is 207 Å². The minimum absolute atomic E-state index is 0.0207. The highest BCUT2D eigenvalue weighted by molar-refractivity contribution is 5.99. The van der Waals surface area contributed by atoms with Gasteiger partial charge in [0.1, 0.15) is 5.82 Å². The van der Waals surface area contributed by atoms with E-state index in [0.717, 1.165) is 11.6 Å². The lowest BCUT2D eigenvalue weighted by Crippen LogP contribution is -2.41. The van der Waals surface area contributed by atoms with E-state index >= 15 is 0 Å². The van der Waals surface area contributed by atoms with Crippen LogP contribution in [0.1, 0.15) is 80.6 Å². The van der Waals surface area contributed by atoms with E-state index in [4.69, 9.17) is 0 Å². The van der Waals surface area contributed by atoms with Gasteiger partial charge in [0.25, 0.3) is 5.91 Å². The van der Waals surface area contributed by atoms with Crippen molar-refractivity contribution in [3.63, 3.8) is 0 Å². The molecule has 3 aromatic rings. The Balaban J connectivity index is 1.49. The molecule has 1 aliphatic heterocycles. The van der Waals surface area contributed by atoms with E-state index in [1.807, 2.05) is 26.2 Å². The number of pyridine rings is 1. The van der Waals surface area contributed by atoms with Crippen LogP contribution in [0.2, 0.25) is 0 Å². The number of carbonyl (C=O) groups excluding carboxylic acids is 1. The van der Waals surface area contributed by atoms with E-state index < -0.39 is 5.82 Å². The van der Waals surface area contributed by atoms with E-state index in [1.165, 1.54) is 81.1 Å². The zero-order valence-electron chi connectivity index (χ0n) is 21.2. The van der Waals surface area contributed by atoms with Crippen LogP contribution in [0.25, 0.3) is 16.6 Å². The summed E-state index contributed by atoms with van der Waals surface area (Å²) < 4.78 is 16.3. The molecule has 1 saturated heterocycles. The van der Waals surface area contributed by atoms with Crippen LogP contribution < -0.4 is 0 Å². The zero-order valence-corrected chi connectivity index (χ0v) is 21.2. The summed E-state index contributed by atoms with van der Waals surface area (Å²) in [6, 6.07) is 7.35. The minimum atomic E-state index is -0.403. The van der Waals surface area contributed by atoms with Crippen LogP contribution in [0, 0.1) is 5.82 Å². The van der Waals surface area contributed by atoms with Crippen LogP contribution in [0.15, 0.2) is 42.9 Å². The first-order valence-electron chi connectivity index (χ1n) is 13.2. The van der Waals surface area contributed by atoms with E-state index in [0.29, 0.717) is 17.2 Å². The molecule has 1 aromatic carbocycles. The molecule has 1 amide bonds. The molecule has 0 spiro atoms. The summed E-state index contributed by atoms with van der Waals surface area (Å²) in [6.45, 7) is 6.44. The molecular weight excluding hydrogens is 439 g/mol. The number of amides is 1. The summed E-state index contributed by atoms with van der Waals surface area (Å²) in [5.41, 5.74) is 3.37. The Hall–Kier alpha value is -2.73. The molecule has 2 aliphatic rings. The Morgan fingerprint density at radius 1 is 1.09 bits per heavy atom. The van der Waals surface area contributed by atoms with Gasteiger partial charge in [-0.3, -0.25) is 9.78 Å². The number of hydrogen-bond acceptors (Lipinski definition) is 3. The molecule has 0 radical (unpaired) electrons. The van der Waals surface area contributed by atoms with Crippen LogP contribution in [-0.2, 0) is 0 Å². The number of halogens is 1. The molecule has 0 bridgehead atoms. The number of likely N-dealkylation sites (tertiary alicyclic amines) is 1. The molecule has 35 heavy (non-hydrogen) atoms. The first-order valence-corrected chi connectivity index (χ1v) is 13.2. The first-order chi connectivity index (χ1) is 16.9. The van der Waals surface area contributed by atoms with Gasteiger partial charge >= 0.3 is 0 Å². The van der Waals surface area contributed by atoms with Crippen LogP contribution >= 0.6 is 0 Å². The first kappa shape index (κ1) is 24.0. The van der Waals surface area contributed by atoms with E-state index in [1.54, 1.807) is 18.0 Å². The number of hydrogen-bond donors (Lipinski definition) is 0. The van der Waals surface area contributed by atoms with Crippen molar-refractivity contribution in [1.29, 1.82) is 0 Å². The molecule has 1 aliphatic carbocycles. The number of rotatable bonds is 5. The topological polar surface area (TPSA) is 41.4 Å². The molecule has 5 nitrogen and oxygen atoms in total. The summed E-state index contributed by atoms with van der Waals surface area (Å²) in [6.07, 6.45) is 14.8. The lowest BCUT2D eigenvalue weighted by atomic mass is 9.81. The molecule has 0 atom stereocenters. The van der Waals surface area contributed by atoms with E-state index in [9.17, 15) is 9.18 Å². The Kier molecular flexibility index (Phi) is 6.92. The van der Waals surface area contributed by atoms with Crippen LogP contribution in [-0.4, -0.2) is 57.5 Å². The third-order valence-corrected chi connectivity index (χ3v) is 8.23. The van der Waals surface area contributed by atoms with Crippen molar-refractivity contribution in [3.05, 3.63) is 59.8 Å². The Morgan fingerprint density at radius 2 is 1.83 bits per heavy atom. The maximum atomic E-state index is 14.3. The molecule has 1 saturated carbocycles. The average molecular weight is 477 g/mol. The molecule has 3 heterocycles. The maximum Gasteiger partial charge on any atom is 0.256 e. The summed E-state index contributed by atoms with van der Waals surface area (Å²) in [5, 5.41) is 1.18. The van der Waals surface area contributed by atoms with Crippen LogP contribution in [0.4, 0.5) is 4.39 Å². The van der Waals surface area contributed by atoms with Gasteiger partial charge in [-0.05, 0) is 101 Å². The molecular formula is C29H37FN4O. The minimum Gasteiger partial charge on any atom is -0.339 e. The third-order valence-electron chi connectivity index (χ3n) is 8.23. The van der Waals surface area contributed by atoms with Gasteiger partial charge in [-0.1, -0.05) is 6.42 Å². The third kappa shape index (κ3) is 4.73. The predicted molar refractivity (Wildman–Crippen MR) is 139 cm³/mol. The van der Waals surface area contributed by atoms with Gasteiger partial charge in [0.15, 0.2) is 0 Å². The standard InChI is InChI=1S/C29H37FN4O/c1-20(2)32(3)29(35)25-17-22(30)9-12-27(25)34-19-26(24-13-14-31-18-28(24)34)21-7-10-23(11-8-21)33-15-5-4-6-16-33/h9,12-14,17-21,23H,4-8,10-11,15-16H2,1-3H3/t21-,23+. The van der Waals surface area contributed by atoms with Gasteiger partial charge in [0.2, 0.25) is 0 Å². The molecule has 6 heteroatoms. The predicted octanol–water partition coefficient (Wildman–Crippen LogP) is 6.16. The normalized spacial score (nSPS) is 21.5.